The van der Waals surface area contributed by atoms with Gasteiger partial charge in [0.15, 0.2) is 0 Å². The summed E-state index contributed by atoms with van der Waals surface area (Å²) in [6, 6.07) is 12.1. The Morgan fingerprint density at radius 1 is 1.15 bits per heavy atom. The average molecular weight is 371 g/mol. The minimum atomic E-state index is -1.08. The number of rotatable bonds is 7. The molecule has 0 spiro atoms. The molecule has 6 heteroatoms. The number of carboxylic acid groups (broad SMARTS) is 1. The highest BCUT2D eigenvalue weighted by Crippen LogP contribution is 2.24. The van der Waals surface area contributed by atoms with Gasteiger partial charge in [0.25, 0.3) is 5.91 Å². The lowest BCUT2D eigenvalue weighted by Crippen LogP contribution is -2.31. The highest BCUT2D eigenvalue weighted by Gasteiger charge is 2.21. The summed E-state index contributed by atoms with van der Waals surface area (Å²) in [5.41, 5.74) is 0.844. The normalized spacial score (nSPS) is 15.3. The van der Waals surface area contributed by atoms with Crippen molar-refractivity contribution >= 4 is 11.9 Å². The highest BCUT2D eigenvalue weighted by molar-refractivity contribution is 5.95. The molecule has 0 bridgehead atoms. The van der Waals surface area contributed by atoms with E-state index in [1.54, 1.807) is 18.2 Å². The third-order valence-electron chi connectivity index (χ3n) is 4.74. The van der Waals surface area contributed by atoms with Crippen LogP contribution in [0, 0.1) is 5.82 Å². The smallest absolute Gasteiger partial charge is 0.312 e. The summed E-state index contributed by atoms with van der Waals surface area (Å²) in [6.07, 6.45) is 4.55. The monoisotopic (exact) mass is 371 g/mol. The van der Waals surface area contributed by atoms with Gasteiger partial charge in [0.2, 0.25) is 0 Å². The molecule has 2 N–H and O–H groups in total. The van der Waals surface area contributed by atoms with E-state index in [0.717, 1.165) is 25.7 Å². The fourth-order valence-electron chi connectivity index (χ4n) is 3.25. The number of hydrogen-bond acceptors (Lipinski definition) is 3. The first-order valence-electron chi connectivity index (χ1n) is 9.06. The van der Waals surface area contributed by atoms with Crippen LogP contribution in [0.5, 0.6) is 5.75 Å². The minimum absolute atomic E-state index is 0.0898. The number of carboxylic acids is 1. The van der Waals surface area contributed by atoms with Gasteiger partial charge in [0.1, 0.15) is 11.6 Å². The van der Waals surface area contributed by atoms with Crippen molar-refractivity contribution in [3.8, 4) is 5.75 Å². The van der Waals surface area contributed by atoms with E-state index in [4.69, 9.17) is 4.74 Å². The van der Waals surface area contributed by atoms with Gasteiger partial charge in [-0.2, -0.15) is 0 Å². The number of amides is 1. The van der Waals surface area contributed by atoms with Gasteiger partial charge in [0, 0.05) is 12.1 Å². The van der Waals surface area contributed by atoms with Gasteiger partial charge in [-0.15, -0.1) is 0 Å². The van der Waals surface area contributed by atoms with Crippen molar-refractivity contribution < 1.29 is 23.8 Å². The van der Waals surface area contributed by atoms with Gasteiger partial charge in [-0.1, -0.05) is 18.2 Å². The van der Waals surface area contributed by atoms with E-state index in [9.17, 15) is 19.1 Å². The fraction of sp³-hybridized carbons (Fsp3) is 0.333. The maximum absolute atomic E-state index is 13.0. The van der Waals surface area contributed by atoms with Crippen LogP contribution in [0.2, 0.25) is 0 Å². The molecule has 0 aromatic heterocycles. The maximum Gasteiger partial charge on any atom is 0.312 e. The number of halogens is 1. The summed E-state index contributed by atoms with van der Waals surface area (Å²) < 4.78 is 18.9. The molecule has 0 saturated heterocycles. The van der Waals surface area contributed by atoms with Crippen molar-refractivity contribution in [2.45, 2.75) is 37.7 Å². The Morgan fingerprint density at radius 2 is 1.85 bits per heavy atom. The highest BCUT2D eigenvalue weighted by atomic mass is 19.1. The predicted octanol–water partition coefficient (Wildman–Crippen LogP) is 3.75. The summed E-state index contributed by atoms with van der Waals surface area (Å²) in [7, 11) is 0. The van der Waals surface area contributed by atoms with E-state index in [1.807, 2.05) is 6.07 Å². The zero-order chi connectivity index (χ0) is 19.2. The Morgan fingerprint density at radius 3 is 2.52 bits per heavy atom. The quantitative estimate of drug-likeness (QED) is 0.777. The Balaban J connectivity index is 1.63. The fourth-order valence-corrected chi connectivity index (χ4v) is 3.25. The lowest BCUT2D eigenvalue weighted by molar-refractivity contribution is -0.138. The van der Waals surface area contributed by atoms with Gasteiger partial charge in [-0.25, -0.2) is 4.39 Å². The molecule has 27 heavy (non-hydrogen) atoms. The van der Waals surface area contributed by atoms with Crippen LogP contribution < -0.4 is 10.1 Å². The molecule has 1 fully saturated rings. The van der Waals surface area contributed by atoms with E-state index < -0.39 is 17.7 Å². The minimum Gasteiger partial charge on any atom is -0.490 e. The number of hydrogen-bond donors (Lipinski definition) is 2. The summed E-state index contributed by atoms with van der Waals surface area (Å²) in [5, 5.41) is 12.1. The second kappa shape index (κ2) is 8.66. The first-order valence-corrected chi connectivity index (χ1v) is 9.06. The molecule has 2 aromatic carbocycles. The molecule has 1 amide bonds. The van der Waals surface area contributed by atoms with E-state index in [0.29, 0.717) is 16.9 Å². The van der Waals surface area contributed by atoms with Crippen molar-refractivity contribution in [1.82, 2.24) is 5.32 Å². The van der Waals surface area contributed by atoms with Crippen LogP contribution in [-0.2, 0) is 4.79 Å². The topological polar surface area (TPSA) is 75.6 Å². The second-order valence-corrected chi connectivity index (χ2v) is 6.70. The van der Waals surface area contributed by atoms with E-state index >= 15 is 0 Å². The van der Waals surface area contributed by atoms with E-state index in [-0.39, 0.29) is 18.6 Å². The van der Waals surface area contributed by atoms with Crippen LogP contribution in [-0.4, -0.2) is 29.6 Å². The van der Waals surface area contributed by atoms with Gasteiger partial charge in [-0.3, -0.25) is 9.59 Å². The number of carbonyl (C=O) groups is 2. The van der Waals surface area contributed by atoms with Crippen molar-refractivity contribution in [3.63, 3.8) is 0 Å². The molecule has 1 aliphatic carbocycles. The molecule has 142 valence electrons. The van der Waals surface area contributed by atoms with Crippen LogP contribution in [0.1, 0.15) is 47.5 Å². The number of aliphatic carboxylic acids is 1. The Kier molecular flexibility index (Phi) is 6.06. The molecule has 0 radical (unpaired) electrons. The molecular weight excluding hydrogens is 349 g/mol. The molecule has 3 rings (SSSR count). The lowest BCUT2D eigenvalue weighted by Gasteiger charge is -2.15. The molecule has 1 unspecified atom stereocenters. The first-order chi connectivity index (χ1) is 13.0. The van der Waals surface area contributed by atoms with Crippen LogP contribution in [0.15, 0.2) is 48.5 Å². The summed E-state index contributed by atoms with van der Waals surface area (Å²) >= 11 is 0. The van der Waals surface area contributed by atoms with Gasteiger partial charge >= 0.3 is 5.97 Å². The Hall–Kier alpha value is -2.89. The van der Waals surface area contributed by atoms with Crippen molar-refractivity contribution in [3.05, 3.63) is 65.5 Å². The van der Waals surface area contributed by atoms with Gasteiger partial charge in [0.05, 0.1) is 12.0 Å². The molecule has 5 nitrogen and oxygen atoms in total. The van der Waals surface area contributed by atoms with E-state index in [2.05, 4.69) is 5.32 Å². The van der Waals surface area contributed by atoms with Crippen molar-refractivity contribution in [1.29, 1.82) is 0 Å². The molecule has 0 heterocycles. The van der Waals surface area contributed by atoms with Crippen LogP contribution in [0.4, 0.5) is 4.39 Å². The zero-order valence-corrected chi connectivity index (χ0v) is 14.9. The summed E-state index contributed by atoms with van der Waals surface area (Å²) in [5.74, 6) is -2.21. The first kappa shape index (κ1) is 18.9. The largest absolute Gasteiger partial charge is 0.490 e. The van der Waals surface area contributed by atoms with E-state index in [1.165, 1.54) is 24.3 Å². The SMILES string of the molecule is O=C(NCC(C(=O)O)c1ccc(F)cc1)c1cccc(OC2CCCC2)c1. The second-order valence-electron chi connectivity index (χ2n) is 6.70. The average Bonchev–Trinajstić information content (AvgIpc) is 3.16. The van der Waals surface area contributed by atoms with Crippen molar-refractivity contribution in [2.75, 3.05) is 6.54 Å². The number of benzene rings is 2. The molecule has 1 atom stereocenters. The van der Waals surface area contributed by atoms with Crippen molar-refractivity contribution in [2.24, 2.45) is 0 Å². The third-order valence-corrected chi connectivity index (χ3v) is 4.74. The third kappa shape index (κ3) is 5.06. The molecule has 1 aliphatic rings. The lowest BCUT2D eigenvalue weighted by atomic mass is 9.99. The molecule has 2 aromatic rings. The standard InChI is InChI=1S/C21H22FNO4/c22-16-10-8-14(9-11-16)19(21(25)26)13-23-20(24)15-4-3-7-18(12-15)27-17-5-1-2-6-17/h3-4,7-12,17,19H,1-2,5-6,13H2,(H,23,24)(H,25,26). The predicted molar refractivity (Wildman–Crippen MR) is 98.4 cm³/mol. The molecule has 0 aliphatic heterocycles. The van der Waals surface area contributed by atoms with Crippen LogP contribution in [0.3, 0.4) is 0 Å². The summed E-state index contributed by atoms with van der Waals surface area (Å²) in [4.78, 5) is 23.9. The van der Waals surface area contributed by atoms with Gasteiger partial charge < -0.3 is 15.2 Å². The zero-order valence-electron chi connectivity index (χ0n) is 14.9. The number of ether oxygens (including phenoxy) is 1. The maximum atomic E-state index is 13.0. The van der Waals surface area contributed by atoms with Crippen LogP contribution >= 0.6 is 0 Å². The Bertz CT molecular complexity index is 800. The Labute approximate surface area is 157 Å². The van der Waals surface area contributed by atoms with Gasteiger partial charge in [-0.05, 0) is 61.6 Å². The summed E-state index contributed by atoms with van der Waals surface area (Å²) in [6.45, 7) is -0.0898. The molecule has 1 saturated carbocycles. The number of carbonyl (C=O) groups excluding carboxylic acids is 1. The molecular formula is C21H22FNO4. The number of nitrogens with one attached hydrogen (secondary N) is 1. The van der Waals surface area contributed by atoms with Crippen LogP contribution in [0.25, 0.3) is 0 Å².